The van der Waals surface area contributed by atoms with Crippen LogP contribution in [0.25, 0.3) is 11.2 Å². The number of aromatic nitrogens is 3. The first-order valence-corrected chi connectivity index (χ1v) is 6.05. The second-order valence-corrected chi connectivity index (χ2v) is 5.43. The van der Waals surface area contributed by atoms with Crippen LogP contribution in [0.3, 0.4) is 0 Å². The third kappa shape index (κ3) is 2.42. The lowest BCUT2D eigenvalue weighted by Crippen LogP contribution is -2.29. The first-order valence-electron chi connectivity index (χ1n) is 5.25. The second-order valence-electron chi connectivity index (χ2n) is 4.52. The topological polar surface area (TPSA) is 66.0 Å². The molecule has 92 valence electrons. The molecule has 2 heterocycles. The Morgan fingerprint density at radius 3 is 2.88 bits per heavy atom. The molecule has 0 saturated heterocycles. The van der Waals surface area contributed by atoms with E-state index in [0.29, 0.717) is 12.5 Å². The summed E-state index contributed by atoms with van der Waals surface area (Å²) in [5.74, 6) is 0.454. The van der Waals surface area contributed by atoms with Gasteiger partial charge in [-0.1, -0.05) is 0 Å². The molecule has 5 nitrogen and oxygen atoms in total. The van der Waals surface area contributed by atoms with Gasteiger partial charge in [0.25, 0.3) is 0 Å². The Hall–Kier alpha value is -1.14. The minimum atomic E-state index is -0.309. The molecule has 2 N–H and O–H groups in total. The maximum atomic E-state index is 5.91. The van der Waals surface area contributed by atoms with Gasteiger partial charge in [-0.25, -0.2) is 9.97 Å². The van der Waals surface area contributed by atoms with Crippen LogP contribution in [0, 0.1) is 0 Å². The summed E-state index contributed by atoms with van der Waals surface area (Å²) < 4.78 is 8.15. The molecule has 0 amide bonds. The van der Waals surface area contributed by atoms with Crippen molar-refractivity contribution in [3.8, 4) is 0 Å². The quantitative estimate of drug-likeness (QED) is 0.943. The molecular formula is C11H15BrN4O. The van der Waals surface area contributed by atoms with Crippen molar-refractivity contribution in [2.45, 2.75) is 26.0 Å². The molecule has 0 fully saturated rings. The van der Waals surface area contributed by atoms with Crippen LogP contribution in [-0.4, -0.2) is 27.2 Å². The van der Waals surface area contributed by atoms with E-state index in [1.54, 1.807) is 13.3 Å². The minimum Gasteiger partial charge on any atom is -0.377 e. The van der Waals surface area contributed by atoms with Crippen molar-refractivity contribution in [2.75, 3.05) is 12.8 Å². The van der Waals surface area contributed by atoms with Gasteiger partial charge in [0.2, 0.25) is 5.95 Å². The highest BCUT2D eigenvalue weighted by Crippen LogP contribution is 2.22. The van der Waals surface area contributed by atoms with Crippen LogP contribution in [0.2, 0.25) is 0 Å². The Morgan fingerprint density at radius 1 is 1.53 bits per heavy atom. The maximum Gasteiger partial charge on any atom is 0.202 e. The van der Waals surface area contributed by atoms with Crippen LogP contribution in [0.4, 0.5) is 5.95 Å². The molecule has 0 atom stereocenters. The minimum absolute atomic E-state index is 0.309. The third-order valence-corrected chi connectivity index (χ3v) is 3.11. The number of ether oxygens (including phenoxy) is 1. The van der Waals surface area contributed by atoms with E-state index in [0.717, 1.165) is 15.6 Å². The second kappa shape index (κ2) is 4.27. The molecule has 2 aromatic rings. The number of hydrogen-bond acceptors (Lipinski definition) is 4. The van der Waals surface area contributed by atoms with Crippen LogP contribution >= 0.6 is 15.9 Å². The van der Waals surface area contributed by atoms with Crippen molar-refractivity contribution in [3.63, 3.8) is 0 Å². The Morgan fingerprint density at radius 2 is 2.24 bits per heavy atom. The van der Waals surface area contributed by atoms with Gasteiger partial charge < -0.3 is 10.5 Å². The Kier molecular flexibility index (Phi) is 3.09. The summed E-state index contributed by atoms with van der Waals surface area (Å²) in [6.45, 7) is 4.61. The number of rotatable bonds is 3. The number of nitrogens with zero attached hydrogens (tertiary/aromatic N) is 3. The predicted molar refractivity (Wildman–Crippen MR) is 70.7 cm³/mol. The fraction of sp³-hybridized carbons (Fsp3) is 0.455. The van der Waals surface area contributed by atoms with Gasteiger partial charge in [-0.15, -0.1) is 0 Å². The molecule has 0 aliphatic heterocycles. The van der Waals surface area contributed by atoms with E-state index < -0.39 is 0 Å². The highest BCUT2D eigenvalue weighted by atomic mass is 79.9. The number of imidazole rings is 1. The van der Waals surface area contributed by atoms with Crippen molar-refractivity contribution in [3.05, 3.63) is 16.7 Å². The highest BCUT2D eigenvalue weighted by Gasteiger charge is 2.21. The summed E-state index contributed by atoms with van der Waals surface area (Å²) >= 11 is 3.36. The lowest BCUT2D eigenvalue weighted by Gasteiger charge is -2.23. The fourth-order valence-electron chi connectivity index (χ4n) is 1.61. The zero-order valence-corrected chi connectivity index (χ0v) is 11.7. The molecule has 0 spiro atoms. The van der Waals surface area contributed by atoms with E-state index in [9.17, 15) is 0 Å². The Bertz CT molecular complexity index is 550. The Labute approximate surface area is 108 Å². The Balaban J connectivity index is 2.50. The summed E-state index contributed by atoms with van der Waals surface area (Å²) in [6, 6.07) is 1.90. The molecule has 0 aliphatic carbocycles. The number of hydrogen-bond donors (Lipinski definition) is 1. The van der Waals surface area contributed by atoms with E-state index in [4.69, 9.17) is 10.5 Å². The van der Waals surface area contributed by atoms with Crippen molar-refractivity contribution < 1.29 is 4.74 Å². The molecule has 2 aromatic heterocycles. The third-order valence-electron chi connectivity index (χ3n) is 2.67. The van der Waals surface area contributed by atoms with E-state index in [1.807, 2.05) is 24.5 Å². The van der Waals surface area contributed by atoms with Gasteiger partial charge in [0, 0.05) is 17.8 Å². The highest BCUT2D eigenvalue weighted by molar-refractivity contribution is 9.10. The van der Waals surface area contributed by atoms with Gasteiger partial charge in [0.05, 0.1) is 12.1 Å². The number of anilines is 1. The normalized spacial score (nSPS) is 12.2. The molecule has 0 saturated carbocycles. The molecule has 0 bridgehead atoms. The summed E-state index contributed by atoms with van der Waals surface area (Å²) in [5, 5.41) is 0. The van der Waals surface area contributed by atoms with Crippen molar-refractivity contribution >= 4 is 33.0 Å². The van der Waals surface area contributed by atoms with Crippen molar-refractivity contribution in [1.29, 1.82) is 0 Å². The predicted octanol–water partition coefficient (Wildman–Crippen LogP) is 2.20. The molecule has 0 radical (unpaired) electrons. The lowest BCUT2D eigenvalue weighted by atomic mass is 10.1. The number of methoxy groups -OCH3 is 1. The fourth-order valence-corrected chi connectivity index (χ4v) is 1.92. The molecule has 0 unspecified atom stereocenters. The van der Waals surface area contributed by atoms with E-state index in [-0.39, 0.29) is 5.60 Å². The SMILES string of the molecule is COC(C)(C)Cn1c(N)nc2cc(Br)cnc21. The average Bonchev–Trinajstić information content (AvgIpc) is 2.54. The number of halogens is 1. The molecular weight excluding hydrogens is 284 g/mol. The monoisotopic (exact) mass is 298 g/mol. The standard InChI is InChI=1S/C11H15BrN4O/c1-11(2,17-3)6-16-9-8(15-10(16)13)4-7(12)5-14-9/h4-5H,6H2,1-3H3,(H2,13,15). The number of nitrogens with two attached hydrogens (primary N) is 1. The largest absolute Gasteiger partial charge is 0.377 e. The number of pyridine rings is 1. The van der Waals surface area contributed by atoms with Crippen LogP contribution in [0.5, 0.6) is 0 Å². The summed E-state index contributed by atoms with van der Waals surface area (Å²) in [4.78, 5) is 8.62. The lowest BCUT2D eigenvalue weighted by molar-refractivity contribution is 0.00936. The smallest absolute Gasteiger partial charge is 0.202 e. The van der Waals surface area contributed by atoms with Gasteiger partial charge in [0.15, 0.2) is 5.65 Å². The maximum absolute atomic E-state index is 5.91. The molecule has 0 aromatic carbocycles. The van der Waals surface area contributed by atoms with Gasteiger partial charge in [-0.05, 0) is 35.8 Å². The zero-order valence-electron chi connectivity index (χ0n) is 10.1. The zero-order chi connectivity index (χ0) is 12.6. The summed E-state index contributed by atoms with van der Waals surface area (Å²) in [5.41, 5.74) is 7.15. The van der Waals surface area contributed by atoms with Crippen LogP contribution in [-0.2, 0) is 11.3 Å². The first-order chi connectivity index (χ1) is 7.93. The summed E-state index contributed by atoms with van der Waals surface area (Å²) in [6.07, 6.45) is 1.74. The van der Waals surface area contributed by atoms with Crippen LogP contribution < -0.4 is 5.73 Å². The molecule has 17 heavy (non-hydrogen) atoms. The van der Waals surface area contributed by atoms with Crippen molar-refractivity contribution in [2.24, 2.45) is 0 Å². The van der Waals surface area contributed by atoms with E-state index in [1.165, 1.54) is 0 Å². The van der Waals surface area contributed by atoms with Gasteiger partial charge in [0.1, 0.15) is 5.52 Å². The summed E-state index contributed by atoms with van der Waals surface area (Å²) in [7, 11) is 1.68. The van der Waals surface area contributed by atoms with E-state index in [2.05, 4.69) is 25.9 Å². The van der Waals surface area contributed by atoms with Crippen LogP contribution in [0.15, 0.2) is 16.7 Å². The van der Waals surface area contributed by atoms with Gasteiger partial charge in [-0.3, -0.25) is 4.57 Å². The number of nitrogen functional groups attached to an aromatic ring is 1. The number of fused-ring (bicyclic) bond motifs is 1. The molecule has 0 aliphatic rings. The average molecular weight is 299 g/mol. The molecule has 6 heteroatoms. The van der Waals surface area contributed by atoms with Gasteiger partial charge in [-0.2, -0.15) is 0 Å². The molecule has 2 rings (SSSR count). The van der Waals surface area contributed by atoms with E-state index >= 15 is 0 Å². The first kappa shape index (κ1) is 12.3. The van der Waals surface area contributed by atoms with Crippen molar-refractivity contribution in [1.82, 2.24) is 14.5 Å². The van der Waals surface area contributed by atoms with Crippen LogP contribution in [0.1, 0.15) is 13.8 Å². The van der Waals surface area contributed by atoms with Gasteiger partial charge >= 0.3 is 0 Å².